The average molecular weight is 531 g/mol. The molecule has 0 amide bonds. The van der Waals surface area contributed by atoms with Crippen molar-refractivity contribution in [3.8, 4) is 0 Å². The summed E-state index contributed by atoms with van der Waals surface area (Å²) in [6.07, 6.45) is 9.45. The number of epoxide rings is 1. The quantitative estimate of drug-likeness (QED) is 0.314. The van der Waals surface area contributed by atoms with Gasteiger partial charge in [-0.3, -0.25) is 0 Å². The van der Waals surface area contributed by atoms with E-state index in [-0.39, 0.29) is 32.0 Å². The Morgan fingerprint density at radius 1 is 1.13 bits per heavy atom. The van der Waals surface area contributed by atoms with E-state index in [1.165, 1.54) is 17.7 Å². The third kappa shape index (κ3) is 4.48. The lowest BCUT2D eigenvalue weighted by Crippen LogP contribution is -2.66. The molecule has 0 aromatic carbocycles. The predicted octanol–water partition coefficient (Wildman–Crippen LogP) is 2.32. The zero-order chi connectivity index (χ0) is 27.1. The second kappa shape index (κ2) is 10.4. The van der Waals surface area contributed by atoms with Gasteiger partial charge in [-0.2, -0.15) is 0 Å². The molecule has 2 aliphatic carbocycles. The van der Waals surface area contributed by atoms with E-state index in [1.54, 1.807) is 25.2 Å². The molecular formula is C29H38O9. The Balaban J connectivity index is 1.52. The minimum absolute atomic E-state index is 0.0665. The number of hydrogen-bond donors (Lipinski definition) is 2. The fourth-order valence-electron chi connectivity index (χ4n) is 6.91. The first-order valence-corrected chi connectivity index (χ1v) is 13.4. The second-order valence-corrected chi connectivity index (χ2v) is 11.4. The number of rotatable bonds is 2. The zero-order valence-corrected chi connectivity index (χ0v) is 22.3. The molecule has 2 saturated heterocycles. The van der Waals surface area contributed by atoms with Crippen molar-refractivity contribution in [3.63, 3.8) is 0 Å². The molecule has 38 heavy (non-hydrogen) atoms. The number of cyclic esters (lactones) is 1. The predicted molar refractivity (Wildman–Crippen MR) is 136 cm³/mol. The molecule has 0 radical (unpaired) electrons. The van der Waals surface area contributed by atoms with Crippen molar-refractivity contribution in [2.24, 2.45) is 10.8 Å². The van der Waals surface area contributed by atoms with Crippen LogP contribution < -0.4 is 0 Å². The minimum Gasteiger partial charge on any atom is -0.462 e. The maximum Gasteiger partial charge on any atom is 0.331 e. The third-order valence-electron chi connectivity index (χ3n) is 9.33. The van der Waals surface area contributed by atoms with Gasteiger partial charge in [-0.05, 0) is 38.7 Å². The van der Waals surface area contributed by atoms with Crippen LogP contribution in [0.25, 0.3) is 0 Å². The number of hydrogen-bond acceptors (Lipinski definition) is 9. The molecule has 8 atom stereocenters. The topological polar surface area (TPSA) is 124 Å². The van der Waals surface area contributed by atoms with Crippen molar-refractivity contribution in [2.75, 3.05) is 26.4 Å². The monoisotopic (exact) mass is 530 g/mol. The highest BCUT2D eigenvalue weighted by molar-refractivity contribution is 5.83. The van der Waals surface area contributed by atoms with Crippen LogP contribution in [0.2, 0.25) is 0 Å². The molecule has 3 fully saturated rings. The van der Waals surface area contributed by atoms with E-state index in [0.717, 1.165) is 6.42 Å². The van der Waals surface area contributed by atoms with E-state index < -0.39 is 46.7 Å². The van der Waals surface area contributed by atoms with Gasteiger partial charge < -0.3 is 33.9 Å². The first kappa shape index (κ1) is 27.3. The summed E-state index contributed by atoms with van der Waals surface area (Å²) in [5.74, 6) is -1.05. The van der Waals surface area contributed by atoms with Gasteiger partial charge in [0.05, 0.1) is 43.5 Å². The van der Waals surface area contributed by atoms with Gasteiger partial charge in [0.1, 0.15) is 24.4 Å². The zero-order valence-electron chi connectivity index (χ0n) is 22.3. The van der Waals surface area contributed by atoms with Gasteiger partial charge in [0.25, 0.3) is 0 Å². The number of ether oxygens (including phenoxy) is 5. The number of aliphatic hydroxyl groups is 2. The maximum absolute atomic E-state index is 13.0. The summed E-state index contributed by atoms with van der Waals surface area (Å²) in [6, 6.07) is 0. The summed E-state index contributed by atoms with van der Waals surface area (Å²) >= 11 is 0. The van der Waals surface area contributed by atoms with Crippen molar-refractivity contribution in [2.45, 2.75) is 82.6 Å². The first-order valence-electron chi connectivity index (χ1n) is 13.4. The molecule has 3 heterocycles. The highest BCUT2D eigenvalue weighted by Gasteiger charge is 2.83. The smallest absolute Gasteiger partial charge is 0.331 e. The first-order chi connectivity index (χ1) is 18.1. The van der Waals surface area contributed by atoms with Crippen LogP contribution in [0.1, 0.15) is 46.5 Å². The lowest BCUT2D eigenvalue weighted by molar-refractivity contribution is -0.232. The molecule has 5 rings (SSSR count). The van der Waals surface area contributed by atoms with E-state index in [2.05, 4.69) is 19.9 Å². The summed E-state index contributed by atoms with van der Waals surface area (Å²) < 4.78 is 30.4. The normalized spacial score (nSPS) is 43.1. The SMILES string of the molecule is CC1=C[C@H]2O[C@@H]3C[C@H]4OC(=O)/C=C/C=C[C@H]([C@@H](C)O)OCCC(CO)=CC(=O)OC[C@@]2(CC1)[C@]4(C)[C@]31CO1. The highest BCUT2D eigenvalue weighted by atomic mass is 16.6. The molecule has 2 spiro atoms. The Morgan fingerprint density at radius 3 is 2.63 bits per heavy atom. The lowest BCUT2D eigenvalue weighted by atomic mass is 9.51. The highest BCUT2D eigenvalue weighted by Crippen LogP contribution is 2.72. The van der Waals surface area contributed by atoms with Gasteiger partial charge in [0.2, 0.25) is 0 Å². The Morgan fingerprint density at radius 2 is 1.92 bits per heavy atom. The summed E-state index contributed by atoms with van der Waals surface area (Å²) in [7, 11) is 0. The fraction of sp³-hybridized carbons (Fsp3) is 0.655. The molecule has 1 saturated carbocycles. The standard InChI is InChI=1S/C29H38O9/c1-18-8-10-28-16-35-26(33)13-20(15-30)9-11-34-21(19(2)31)6-4-5-7-25(32)38-22-14-24(37-23(28)12-18)29(17-36-29)27(22,28)3/h4-7,12-13,19,21-24,30-31H,8-11,14-17H2,1-3H3/b6-4?,7-5+,20-13?/t19-,21-,22-,23-,24-,27-,28-,29+/m1/s1. The van der Waals surface area contributed by atoms with E-state index in [0.29, 0.717) is 31.4 Å². The average Bonchev–Trinajstić information content (AvgIpc) is 3.66. The van der Waals surface area contributed by atoms with Crippen molar-refractivity contribution in [1.29, 1.82) is 0 Å². The third-order valence-corrected chi connectivity index (χ3v) is 9.33. The maximum atomic E-state index is 13.0. The Kier molecular flexibility index (Phi) is 7.43. The Bertz CT molecular complexity index is 1070. The van der Waals surface area contributed by atoms with Crippen LogP contribution in [0.3, 0.4) is 0 Å². The minimum atomic E-state index is -0.798. The van der Waals surface area contributed by atoms with Crippen molar-refractivity contribution >= 4 is 11.9 Å². The fourth-order valence-corrected chi connectivity index (χ4v) is 6.91. The lowest BCUT2D eigenvalue weighted by Gasteiger charge is -2.58. The van der Waals surface area contributed by atoms with Gasteiger partial charge >= 0.3 is 11.9 Å². The number of esters is 2. The molecule has 0 aromatic heterocycles. The summed E-state index contributed by atoms with van der Waals surface area (Å²) in [4.78, 5) is 25.9. The molecule has 0 unspecified atom stereocenters. The van der Waals surface area contributed by atoms with E-state index in [9.17, 15) is 19.8 Å². The summed E-state index contributed by atoms with van der Waals surface area (Å²) in [5, 5.41) is 19.9. The molecule has 3 aliphatic heterocycles. The van der Waals surface area contributed by atoms with Gasteiger partial charge in [-0.25, -0.2) is 9.59 Å². The largest absolute Gasteiger partial charge is 0.462 e. The molecule has 5 aliphatic rings. The van der Waals surface area contributed by atoms with Gasteiger partial charge in [-0.15, -0.1) is 0 Å². The van der Waals surface area contributed by atoms with E-state index in [4.69, 9.17) is 23.7 Å². The molecule has 9 nitrogen and oxygen atoms in total. The molecule has 9 heteroatoms. The van der Waals surface area contributed by atoms with Crippen LogP contribution >= 0.6 is 0 Å². The molecule has 2 N–H and O–H groups in total. The second-order valence-electron chi connectivity index (χ2n) is 11.4. The van der Waals surface area contributed by atoms with Crippen LogP contribution in [0.4, 0.5) is 0 Å². The van der Waals surface area contributed by atoms with Crippen LogP contribution in [-0.4, -0.2) is 84.7 Å². The number of carbonyl (C=O) groups excluding carboxylic acids is 2. The van der Waals surface area contributed by atoms with Crippen LogP contribution in [0.15, 0.2) is 47.6 Å². The molecule has 208 valence electrons. The van der Waals surface area contributed by atoms with E-state index >= 15 is 0 Å². The molecule has 0 aromatic rings. The number of carbonyl (C=O) groups is 2. The number of allylic oxidation sites excluding steroid dienone is 3. The van der Waals surface area contributed by atoms with Crippen molar-refractivity contribution in [3.05, 3.63) is 47.6 Å². The van der Waals surface area contributed by atoms with Gasteiger partial charge in [-0.1, -0.05) is 36.8 Å². The Labute approximate surface area is 223 Å². The van der Waals surface area contributed by atoms with E-state index in [1.807, 2.05) is 0 Å². The van der Waals surface area contributed by atoms with Crippen LogP contribution in [-0.2, 0) is 33.3 Å². The molecule has 2 bridgehead atoms. The van der Waals surface area contributed by atoms with Gasteiger partial charge in [0.15, 0.2) is 0 Å². The van der Waals surface area contributed by atoms with Crippen molar-refractivity contribution < 1.29 is 43.5 Å². The van der Waals surface area contributed by atoms with Crippen LogP contribution in [0.5, 0.6) is 0 Å². The number of aliphatic hydroxyl groups excluding tert-OH is 2. The van der Waals surface area contributed by atoms with Gasteiger partial charge in [0, 0.05) is 24.0 Å². The summed E-state index contributed by atoms with van der Waals surface area (Å²) in [6.45, 7) is 6.19. The van der Waals surface area contributed by atoms with Crippen molar-refractivity contribution in [1.82, 2.24) is 0 Å². The molecular weight excluding hydrogens is 492 g/mol. The summed E-state index contributed by atoms with van der Waals surface area (Å²) in [5.41, 5.74) is -0.225. The van der Waals surface area contributed by atoms with Crippen LogP contribution in [0, 0.1) is 10.8 Å². The Hall–Kier alpha value is -2.30.